The van der Waals surface area contributed by atoms with Crippen LogP contribution in [0.4, 0.5) is 5.69 Å². The summed E-state index contributed by atoms with van der Waals surface area (Å²) in [6, 6.07) is 6.32. The van der Waals surface area contributed by atoms with Gasteiger partial charge in [0.1, 0.15) is 0 Å². The van der Waals surface area contributed by atoms with E-state index in [1.807, 2.05) is 18.2 Å². The van der Waals surface area contributed by atoms with Crippen molar-refractivity contribution in [2.24, 2.45) is 0 Å². The van der Waals surface area contributed by atoms with Crippen LogP contribution in [0.3, 0.4) is 0 Å². The lowest BCUT2D eigenvalue weighted by Crippen LogP contribution is -2.46. The van der Waals surface area contributed by atoms with E-state index in [2.05, 4.69) is 28.7 Å². The summed E-state index contributed by atoms with van der Waals surface area (Å²) >= 11 is 1.71. The number of anilines is 1. The average Bonchev–Trinajstić information content (AvgIpc) is 2.87. The number of hydrogen-bond donors (Lipinski definition) is 2. The van der Waals surface area contributed by atoms with Gasteiger partial charge in [-0.05, 0) is 32.0 Å². The topological polar surface area (TPSA) is 67.2 Å². The number of thioether (sulfide) groups is 1. The zero-order valence-electron chi connectivity index (χ0n) is 12.5. The standard InChI is InChI=1S/C15H22N4OS/c1-10(2)19-5-6-20-12(8-19)9-21-15-17-13-4-3-11(16)7-14(13)18-15/h3-4,7,10,12H,5-6,8-9,16H2,1-2H3,(H,17,18). The summed E-state index contributed by atoms with van der Waals surface area (Å²) in [5.74, 6) is 0.915. The van der Waals surface area contributed by atoms with E-state index in [0.29, 0.717) is 6.04 Å². The Morgan fingerprint density at radius 1 is 1.52 bits per heavy atom. The van der Waals surface area contributed by atoms with Crippen LogP contribution in [-0.2, 0) is 4.74 Å². The first-order chi connectivity index (χ1) is 10.1. The molecular formula is C15H22N4OS. The lowest BCUT2D eigenvalue weighted by molar-refractivity contribution is -0.0265. The van der Waals surface area contributed by atoms with Crippen LogP contribution >= 0.6 is 11.8 Å². The molecule has 21 heavy (non-hydrogen) atoms. The summed E-state index contributed by atoms with van der Waals surface area (Å²) in [6.07, 6.45) is 0.268. The van der Waals surface area contributed by atoms with E-state index in [1.54, 1.807) is 11.8 Å². The Hall–Kier alpha value is -1.24. The fourth-order valence-electron chi connectivity index (χ4n) is 2.56. The van der Waals surface area contributed by atoms with Gasteiger partial charge < -0.3 is 15.5 Å². The van der Waals surface area contributed by atoms with Crippen LogP contribution in [0.15, 0.2) is 23.4 Å². The molecule has 6 heteroatoms. The van der Waals surface area contributed by atoms with E-state index in [1.165, 1.54) is 0 Å². The number of imidazole rings is 1. The second-order valence-electron chi connectivity index (χ2n) is 5.71. The molecule has 1 atom stereocenters. The van der Waals surface area contributed by atoms with Crippen LogP contribution in [-0.4, -0.2) is 52.5 Å². The van der Waals surface area contributed by atoms with Crippen LogP contribution in [0.5, 0.6) is 0 Å². The Bertz CT molecular complexity index is 613. The number of nitrogen functional groups attached to an aromatic ring is 1. The smallest absolute Gasteiger partial charge is 0.166 e. The molecule has 1 aliphatic rings. The van der Waals surface area contributed by atoms with Gasteiger partial charge >= 0.3 is 0 Å². The number of aromatic nitrogens is 2. The highest BCUT2D eigenvalue weighted by Gasteiger charge is 2.22. The maximum absolute atomic E-state index is 5.85. The van der Waals surface area contributed by atoms with Gasteiger partial charge in [-0.3, -0.25) is 4.90 Å². The molecule has 1 saturated heterocycles. The number of ether oxygens (including phenoxy) is 1. The van der Waals surface area contributed by atoms with Crippen molar-refractivity contribution in [1.82, 2.24) is 14.9 Å². The summed E-state index contributed by atoms with van der Waals surface area (Å²) in [4.78, 5) is 10.4. The van der Waals surface area contributed by atoms with Gasteiger partial charge in [-0.25, -0.2) is 4.98 Å². The van der Waals surface area contributed by atoms with Gasteiger partial charge in [-0.2, -0.15) is 0 Å². The third-order valence-corrected chi connectivity index (χ3v) is 4.80. The first-order valence-corrected chi connectivity index (χ1v) is 8.34. The number of nitrogens with one attached hydrogen (secondary N) is 1. The van der Waals surface area contributed by atoms with Crippen LogP contribution in [0.1, 0.15) is 13.8 Å². The molecule has 0 spiro atoms. The number of H-pyrrole nitrogens is 1. The minimum Gasteiger partial charge on any atom is -0.399 e. The molecule has 1 aliphatic heterocycles. The number of fused-ring (bicyclic) bond motifs is 1. The maximum Gasteiger partial charge on any atom is 0.166 e. The van der Waals surface area contributed by atoms with E-state index in [9.17, 15) is 0 Å². The molecule has 2 aromatic rings. The zero-order valence-corrected chi connectivity index (χ0v) is 13.3. The molecular weight excluding hydrogens is 284 g/mol. The Labute approximate surface area is 129 Å². The molecule has 1 aromatic carbocycles. The largest absolute Gasteiger partial charge is 0.399 e. The number of hydrogen-bond acceptors (Lipinski definition) is 5. The third-order valence-electron chi connectivity index (χ3n) is 3.79. The maximum atomic E-state index is 5.85. The number of morpholine rings is 1. The van der Waals surface area contributed by atoms with E-state index in [0.717, 1.165) is 47.3 Å². The molecule has 0 bridgehead atoms. The van der Waals surface area contributed by atoms with E-state index >= 15 is 0 Å². The highest BCUT2D eigenvalue weighted by atomic mass is 32.2. The monoisotopic (exact) mass is 306 g/mol. The summed E-state index contributed by atoms with van der Waals surface area (Å²) < 4.78 is 5.85. The molecule has 3 N–H and O–H groups in total. The predicted molar refractivity (Wildman–Crippen MR) is 87.7 cm³/mol. The van der Waals surface area contributed by atoms with Crippen molar-refractivity contribution in [2.75, 3.05) is 31.2 Å². The fourth-order valence-corrected chi connectivity index (χ4v) is 3.45. The number of nitrogens with zero attached hydrogens (tertiary/aromatic N) is 2. The van der Waals surface area contributed by atoms with Gasteiger partial charge in [0.05, 0.1) is 23.7 Å². The van der Waals surface area contributed by atoms with E-state index < -0.39 is 0 Å². The van der Waals surface area contributed by atoms with Crippen molar-refractivity contribution < 1.29 is 4.74 Å². The molecule has 0 amide bonds. The minimum atomic E-state index is 0.268. The molecule has 114 valence electrons. The Kier molecular flexibility index (Phi) is 4.37. The molecule has 1 fully saturated rings. The number of benzene rings is 1. The highest BCUT2D eigenvalue weighted by molar-refractivity contribution is 7.99. The first kappa shape index (κ1) is 14.7. The van der Waals surface area contributed by atoms with E-state index in [-0.39, 0.29) is 6.10 Å². The SMILES string of the molecule is CC(C)N1CCOC(CSc2nc3ccc(N)cc3[nH]2)C1. The highest BCUT2D eigenvalue weighted by Crippen LogP contribution is 2.23. The summed E-state index contributed by atoms with van der Waals surface area (Å²) in [7, 11) is 0. The summed E-state index contributed by atoms with van der Waals surface area (Å²) in [6.45, 7) is 7.32. The summed E-state index contributed by atoms with van der Waals surface area (Å²) in [5.41, 5.74) is 8.49. The molecule has 1 aromatic heterocycles. The van der Waals surface area contributed by atoms with Crippen molar-refractivity contribution in [3.8, 4) is 0 Å². The molecule has 3 rings (SSSR count). The quantitative estimate of drug-likeness (QED) is 0.670. The minimum absolute atomic E-state index is 0.268. The lowest BCUT2D eigenvalue weighted by Gasteiger charge is -2.35. The average molecular weight is 306 g/mol. The van der Waals surface area contributed by atoms with Crippen LogP contribution in [0.2, 0.25) is 0 Å². The van der Waals surface area contributed by atoms with Gasteiger partial charge in [0.2, 0.25) is 0 Å². The Morgan fingerprint density at radius 2 is 2.38 bits per heavy atom. The normalized spacial score (nSPS) is 20.4. The number of rotatable bonds is 4. The van der Waals surface area contributed by atoms with Crippen molar-refractivity contribution in [2.45, 2.75) is 31.1 Å². The van der Waals surface area contributed by atoms with Gasteiger partial charge in [0.25, 0.3) is 0 Å². The zero-order chi connectivity index (χ0) is 14.8. The molecule has 0 saturated carbocycles. The molecule has 0 radical (unpaired) electrons. The summed E-state index contributed by atoms with van der Waals surface area (Å²) in [5, 5.41) is 0.931. The lowest BCUT2D eigenvalue weighted by atomic mass is 10.2. The molecule has 1 unspecified atom stereocenters. The number of nitrogens with two attached hydrogens (primary N) is 1. The van der Waals surface area contributed by atoms with Crippen LogP contribution in [0.25, 0.3) is 11.0 Å². The Balaban J connectivity index is 1.61. The van der Waals surface area contributed by atoms with Gasteiger partial charge in [-0.1, -0.05) is 11.8 Å². The van der Waals surface area contributed by atoms with E-state index in [4.69, 9.17) is 10.5 Å². The van der Waals surface area contributed by atoms with Gasteiger partial charge in [-0.15, -0.1) is 0 Å². The predicted octanol–water partition coefficient (Wildman–Crippen LogP) is 2.35. The van der Waals surface area contributed by atoms with Gasteiger partial charge in [0.15, 0.2) is 5.16 Å². The fraction of sp³-hybridized carbons (Fsp3) is 0.533. The number of aromatic amines is 1. The second kappa shape index (κ2) is 6.25. The van der Waals surface area contributed by atoms with Crippen molar-refractivity contribution in [3.63, 3.8) is 0 Å². The molecule has 0 aliphatic carbocycles. The molecule has 5 nitrogen and oxygen atoms in total. The second-order valence-corrected chi connectivity index (χ2v) is 6.72. The molecule has 2 heterocycles. The Morgan fingerprint density at radius 3 is 3.19 bits per heavy atom. The van der Waals surface area contributed by atoms with Crippen molar-refractivity contribution >= 4 is 28.5 Å². The van der Waals surface area contributed by atoms with Gasteiger partial charge in [0, 0.05) is 30.6 Å². The third kappa shape index (κ3) is 3.51. The van der Waals surface area contributed by atoms with Crippen molar-refractivity contribution in [1.29, 1.82) is 0 Å². The van der Waals surface area contributed by atoms with Crippen LogP contribution < -0.4 is 5.73 Å². The van der Waals surface area contributed by atoms with Crippen LogP contribution in [0, 0.1) is 0 Å². The van der Waals surface area contributed by atoms with Crippen molar-refractivity contribution in [3.05, 3.63) is 18.2 Å². The first-order valence-electron chi connectivity index (χ1n) is 7.35.